The van der Waals surface area contributed by atoms with E-state index < -0.39 is 0 Å². The lowest BCUT2D eigenvalue weighted by atomic mass is 10.6. The van der Waals surface area contributed by atoms with Gasteiger partial charge in [0.1, 0.15) is 0 Å². The summed E-state index contributed by atoms with van der Waals surface area (Å²) in [6.07, 6.45) is 5.76. The fourth-order valence-electron chi connectivity index (χ4n) is 0.304. The predicted molar refractivity (Wildman–Crippen MR) is 29.7 cm³/mol. The van der Waals surface area contributed by atoms with Crippen molar-refractivity contribution in [2.45, 2.75) is 0 Å². The molecule has 0 saturated carbocycles. The van der Waals surface area contributed by atoms with Crippen LogP contribution in [-0.4, -0.2) is 12.8 Å². The average molecular weight is 104 g/mol. The first-order chi connectivity index (χ1) is 2.50. The van der Waals surface area contributed by atoms with E-state index in [1.165, 1.54) is 0 Å². The molecule has 0 spiro atoms. The van der Waals surface area contributed by atoms with Gasteiger partial charge in [0, 0.05) is 6.21 Å². The number of hydrogen-bond acceptors (Lipinski definition) is 1. The van der Waals surface area contributed by atoms with Crippen LogP contribution in [0.2, 0.25) is 0 Å². The minimum Gasteiger partial charge on any atom is -0.289 e. The molecule has 0 amide bonds. The molecule has 0 aromatic rings. The maximum atomic E-state index is 3.85. The Kier molecular flexibility index (Phi) is 2.77. The number of nitrogens with zero attached hydrogens (tertiary/aromatic N) is 1. The predicted octanol–water partition coefficient (Wildman–Crippen LogP) is 1.05. The first-order valence-electron chi connectivity index (χ1n) is 1.65. The maximum absolute atomic E-state index is 3.85. The van der Waals surface area contributed by atoms with Gasteiger partial charge in [-0.1, -0.05) is 6.08 Å². The van der Waals surface area contributed by atoms with Crippen LogP contribution in [-0.2, 0) is 0 Å². The zero-order valence-electron chi connectivity index (χ0n) is 3.29. The molecule has 2 heteroatoms. The van der Waals surface area contributed by atoms with E-state index in [2.05, 4.69) is 4.99 Å². The van der Waals surface area contributed by atoms with Gasteiger partial charge in [-0.3, -0.25) is 4.99 Å². The standard InChI is InChI=1S/C4H5N.ClH/c1-2-4-5-3-1;/h1-3H,4H2;1H. The van der Waals surface area contributed by atoms with Crippen molar-refractivity contribution in [2.75, 3.05) is 6.54 Å². The van der Waals surface area contributed by atoms with E-state index in [1.807, 2.05) is 12.2 Å². The molecule has 0 aliphatic carbocycles. The molecule has 0 bridgehead atoms. The van der Waals surface area contributed by atoms with Crippen LogP contribution >= 0.6 is 12.4 Å². The molecule has 0 aromatic carbocycles. The van der Waals surface area contributed by atoms with Crippen LogP contribution < -0.4 is 0 Å². The fourth-order valence-corrected chi connectivity index (χ4v) is 0.304. The Labute approximate surface area is 43.2 Å². The molecule has 1 nitrogen and oxygen atoms in total. The summed E-state index contributed by atoms with van der Waals surface area (Å²) in [6.45, 7) is 0.889. The second-order valence-corrected chi connectivity index (χ2v) is 0.942. The van der Waals surface area contributed by atoms with Gasteiger partial charge in [0.2, 0.25) is 0 Å². The summed E-state index contributed by atoms with van der Waals surface area (Å²) in [6, 6.07) is 0. The van der Waals surface area contributed by atoms with E-state index in [4.69, 9.17) is 0 Å². The molecule has 0 N–H and O–H groups in total. The van der Waals surface area contributed by atoms with Crippen LogP contribution in [0.1, 0.15) is 0 Å². The lowest BCUT2D eigenvalue weighted by Gasteiger charge is -1.60. The van der Waals surface area contributed by atoms with Crippen molar-refractivity contribution >= 4 is 18.6 Å². The van der Waals surface area contributed by atoms with E-state index in [1.54, 1.807) is 6.21 Å². The Balaban J connectivity index is 0.000000250. The largest absolute Gasteiger partial charge is 0.289 e. The van der Waals surface area contributed by atoms with Gasteiger partial charge in [0.05, 0.1) is 6.54 Å². The summed E-state index contributed by atoms with van der Waals surface area (Å²) in [5.41, 5.74) is 0. The second kappa shape index (κ2) is 2.91. The van der Waals surface area contributed by atoms with Crippen molar-refractivity contribution < 1.29 is 0 Å². The first-order valence-corrected chi connectivity index (χ1v) is 1.65. The lowest BCUT2D eigenvalue weighted by molar-refractivity contribution is 1.29. The van der Waals surface area contributed by atoms with Crippen LogP contribution in [0.4, 0.5) is 0 Å². The quantitative estimate of drug-likeness (QED) is 0.435. The first kappa shape index (κ1) is 5.70. The van der Waals surface area contributed by atoms with E-state index in [9.17, 15) is 0 Å². The van der Waals surface area contributed by atoms with Crippen molar-refractivity contribution in [1.29, 1.82) is 0 Å². The molecule has 1 aliphatic heterocycles. The van der Waals surface area contributed by atoms with E-state index in [0.717, 1.165) is 6.54 Å². The third-order valence-electron chi connectivity index (χ3n) is 0.538. The summed E-state index contributed by atoms with van der Waals surface area (Å²) in [7, 11) is 0. The highest BCUT2D eigenvalue weighted by molar-refractivity contribution is 5.85. The Hall–Kier alpha value is -0.300. The molecule has 0 unspecified atom stereocenters. The molecule has 1 heterocycles. The molecule has 0 atom stereocenters. The molecule has 0 aromatic heterocycles. The summed E-state index contributed by atoms with van der Waals surface area (Å²) >= 11 is 0. The van der Waals surface area contributed by atoms with Crippen LogP contribution in [0.25, 0.3) is 0 Å². The smallest absolute Gasteiger partial charge is 0.0573 e. The van der Waals surface area contributed by atoms with Crippen molar-refractivity contribution in [2.24, 2.45) is 4.99 Å². The minimum atomic E-state index is 0. The van der Waals surface area contributed by atoms with Crippen molar-refractivity contribution in [1.82, 2.24) is 0 Å². The van der Waals surface area contributed by atoms with Gasteiger partial charge in [0.15, 0.2) is 0 Å². The number of aliphatic imine (C=N–C) groups is 1. The van der Waals surface area contributed by atoms with Gasteiger partial charge in [-0.2, -0.15) is 0 Å². The molecule has 1 aliphatic rings. The number of halogens is 1. The highest BCUT2D eigenvalue weighted by Gasteiger charge is 1.72. The normalized spacial score (nSPS) is 14.7. The van der Waals surface area contributed by atoms with E-state index in [0.29, 0.717) is 0 Å². The van der Waals surface area contributed by atoms with Crippen LogP contribution in [0, 0.1) is 0 Å². The Morgan fingerprint density at radius 3 is 2.50 bits per heavy atom. The van der Waals surface area contributed by atoms with Crippen molar-refractivity contribution in [3.05, 3.63) is 12.2 Å². The number of hydrogen-bond donors (Lipinski definition) is 0. The molecule has 1 rings (SSSR count). The van der Waals surface area contributed by atoms with Gasteiger partial charge >= 0.3 is 0 Å². The summed E-state index contributed by atoms with van der Waals surface area (Å²) in [5.74, 6) is 0. The van der Waals surface area contributed by atoms with Crippen LogP contribution in [0.3, 0.4) is 0 Å². The third kappa shape index (κ3) is 1.22. The second-order valence-electron chi connectivity index (χ2n) is 0.942. The van der Waals surface area contributed by atoms with Gasteiger partial charge in [0.25, 0.3) is 0 Å². The molecule has 6 heavy (non-hydrogen) atoms. The average Bonchev–Trinajstić information content (AvgIpc) is 1.76. The summed E-state index contributed by atoms with van der Waals surface area (Å²) in [4.78, 5) is 3.85. The van der Waals surface area contributed by atoms with Crippen LogP contribution in [0.15, 0.2) is 17.1 Å². The highest BCUT2D eigenvalue weighted by Crippen LogP contribution is 1.78. The van der Waals surface area contributed by atoms with Crippen molar-refractivity contribution in [3.8, 4) is 0 Å². The maximum Gasteiger partial charge on any atom is 0.0573 e. The third-order valence-corrected chi connectivity index (χ3v) is 0.538. The monoisotopic (exact) mass is 103 g/mol. The van der Waals surface area contributed by atoms with Gasteiger partial charge < -0.3 is 0 Å². The minimum absolute atomic E-state index is 0. The topological polar surface area (TPSA) is 12.4 Å². The fraction of sp³-hybridized carbons (Fsp3) is 0.250. The van der Waals surface area contributed by atoms with Gasteiger partial charge in [-0.05, 0) is 6.08 Å². The Bertz CT molecular complexity index is 65.6. The number of allylic oxidation sites excluding steroid dienone is 1. The zero-order valence-corrected chi connectivity index (χ0v) is 4.11. The molecule has 0 radical (unpaired) electrons. The summed E-state index contributed by atoms with van der Waals surface area (Å²) in [5, 5.41) is 0. The molecular formula is C4H6ClN. The molecule has 0 fully saturated rings. The Morgan fingerprint density at radius 2 is 2.33 bits per heavy atom. The van der Waals surface area contributed by atoms with Crippen LogP contribution in [0.5, 0.6) is 0 Å². The van der Waals surface area contributed by atoms with Gasteiger partial charge in [-0.25, -0.2) is 0 Å². The Morgan fingerprint density at radius 1 is 1.50 bits per heavy atom. The van der Waals surface area contributed by atoms with E-state index in [-0.39, 0.29) is 12.4 Å². The molecule has 0 saturated heterocycles. The van der Waals surface area contributed by atoms with E-state index >= 15 is 0 Å². The highest BCUT2D eigenvalue weighted by atomic mass is 35.5. The number of rotatable bonds is 0. The SMILES string of the molecule is C1=CCN=C1.Cl. The van der Waals surface area contributed by atoms with Gasteiger partial charge in [-0.15, -0.1) is 12.4 Å². The molecular weight excluding hydrogens is 97.5 g/mol. The molecule has 34 valence electrons. The van der Waals surface area contributed by atoms with Crippen molar-refractivity contribution in [3.63, 3.8) is 0 Å². The lowest BCUT2D eigenvalue weighted by Crippen LogP contribution is -1.54. The summed E-state index contributed by atoms with van der Waals surface area (Å²) < 4.78 is 0. The zero-order chi connectivity index (χ0) is 3.54.